The molecule has 3 rings (SSSR count). The van der Waals surface area contributed by atoms with Gasteiger partial charge in [-0.3, -0.25) is 4.79 Å². The fourth-order valence-electron chi connectivity index (χ4n) is 2.62. The molecule has 2 aliphatic carbocycles. The van der Waals surface area contributed by atoms with Gasteiger partial charge < -0.3 is 5.32 Å². The van der Waals surface area contributed by atoms with Crippen molar-refractivity contribution in [3.63, 3.8) is 0 Å². The zero-order chi connectivity index (χ0) is 11.1. The third kappa shape index (κ3) is 1.98. The molecular formula is C12H13BrN2O. The van der Waals surface area contributed by atoms with Crippen LogP contribution < -0.4 is 5.32 Å². The van der Waals surface area contributed by atoms with E-state index in [1.165, 1.54) is 6.42 Å². The summed E-state index contributed by atoms with van der Waals surface area (Å²) in [5.74, 6) is 2.08. The molecule has 1 heterocycles. The summed E-state index contributed by atoms with van der Waals surface area (Å²) in [7, 11) is 0. The molecule has 0 saturated heterocycles. The lowest BCUT2D eigenvalue weighted by atomic mass is 10.0. The monoisotopic (exact) mass is 280 g/mol. The molecule has 0 radical (unpaired) electrons. The van der Waals surface area contributed by atoms with Gasteiger partial charge in [0.05, 0.1) is 11.9 Å². The maximum absolute atomic E-state index is 11.9. The summed E-state index contributed by atoms with van der Waals surface area (Å²) >= 11 is 3.27. The number of hydrogen-bond acceptors (Lipinski definition) is 2. The quantitative estimate of drug-likeness (QED) is 0.847. The molecule has 2 aliphatic rings. The molecule has 1 aromatic heterocycles. The first-order valence-electron chi connectivity index (χ1n) is 5.65. The standard InChI is InChI=1S/C12H13BrN2O/c13-11-2-1-10(6-14-11)15-12(16)9-4-7-3-8(7)5-9/h1-2,6-9H,3-5H2,(H,15,16). The number of nitrogens with zero attached hydrogens (tertiary/aromatic N) is 1. The molecule has 2 atom stereocenters. The zero-order valence-corrected chi connectivity index (χ0v) is 10.4. The molecule has 0 bridgehead atoms. The fraction of sp³-hybridized carbons (Fsp3) is 0.500. The van der Waals surface area contributed by atoms with Crippen LogP contribution in [0.25, 0.3) is 0 Å². The van der Waals surface area contributed by atoms with Crippen LogP contribution in [0.3, 0.4) is 0 Å². The summed E-state index contributed by atoms with van der Waals surface area (Å²) in [5, 5.41) is 2.93. The smallest absolute Gasteiger partial charge is 0.227 e. The Morgan fingerprint density at radius 1 is 1.31 bits per heavy atom. The Labute approximate surface area is 103 Å². The maximum atomic E-state index is 11.9. The van der Waals surface area contributed by atoms with Crippen molar-refractivity contribution in [1.29, 1.82) is 0 Å². The lowest BCUT2D eigenvalue weighted by molar-refractivity contribution is -0.120. The number of amides is 1. The van der Waals surface area contributed by atoms with Gasteiger partial charge in [-0.1, -0.05) is 0 Å². The third-order valence-corrected chi connectivity index (χ3v) is 4.08. The van der Waals surface area contributed by atoms with E-state index in [-0.39, 0.29) is 11.8 Å². The van der Waals surface area contributed by atoms with Crippen molar-refractivity contribution in [2.75, 3.05) is 5.32 Å². The van der Waals surface area contributed by atoms with E-state index in [0.717, 1.165) is 35.0 Å². The van der Waals surface area contributed by atoms with E-state index < -0.39 is 0 Å². The molecule has 2 fully saturated rings. The van der Waals surface area contributed by atoms with Crippen LogP contribution in [0, 0.1) is 17.8 Å². The topological polar surface area (TPSA) is 42.0 Å². The van der Waals surface area contributed by atoms with E-state index in [0.29, 0.717) is 0 Å². The van der Waals surface area contributed by atoms with Crippen LogP contribution in [0.2, 0.25) is 0 Å². The normalized spacial score (nSPS) is 30.9. The largest absolute Gasteiger partial charge is 0.324 e. The van der Waals surface area contributed by atoms with Gasteiger partial charge >= 0.3 is 0 Å². The zero-order valence-electron chi connectivity index (χ0n) is 8.82. The highest BCUT2D eigenvalue weighted by Gasteiger charge is 2.47. The highest BCUT2D eigenvalue weighted by molar-refractivity contribution is 9.10. The van der Waals surface area contributed by atoms with Gasteiger partial charge in [0, 0.05) is 5.92 Å². The molecule has 1 amide bonds. The Balaban J connectivity index is 1.61. The van der Waals surface area contributed by atoms with Crippen molar-refractivity contribution in [3.05, 3.63) is 22.9 Å². The van der Waals surface area contributed by atoms with E-state index in [9.17, 15) is 4.79 Å². The van der Waals surface area contributed by atoms with E-state index in [4.69, 9.17) is 0 Å². The molecule has 4 heteroatoms. The molecule has 0 aliphatic heterocycles. The van der Waals surface area contributed by atoms with Gasteiger partial charge in [0.15, 0.2) is 0 Å². The van der Waals surface area contributed by atoms with Crippen LogP contribution in [0.1, 0.15) is 19.3 Å². The SMILES string of the molecule is O=C(Nc1ccc(Br)nc1)C1CC2CC2C1. The van der Waals surface area contributed by atoms with Gasteiger partial charge in [-0.25, -0.2) is 4.98 Å². The molecule has 16 heavy (non-hydrogen) atoms. The molecular weight excluding hydrogens is 268 g/mol. The van der Waals surface area contributed by atoms with Gasteiger partial charge in [0.25, 0.3) is 0 Å². The highest BCUT2D eigenvalue weighted by atomic mass is 79.9. The number of hydrogen-bond donors (Lipinski definition) is 1. The van der Waals surface area contributed by atoms with E-state index in [2.05, 4.69) is 26.2 Å². The average Bonchev–Trinajstić information content (AvgIpc) is 2.89. The minimum Gasteiger partial charge on any atom is -0.324 e. The lowest BCUT2D eigenvalue weighted by Gasteiger charge is -2.11. The summed E-state index contributed by atoms with van der Waals surface area (Å²) in [5.41, 5.74) is 0.786. The van der Waals surface area contributed by atoms with Crippen LogP contribution >= 0.6 is 15.9 Å². The van der Waals surface area contributed by atoms with Gasteiger partial charge in [-0.2, -0.15) is 0 Å². The number of fused-ring (bicyclic) bond motifs is 1. The molecule has 84 valence electrons. The van der Waals surface area contributed by atoms with Gasteiger partial charge in [0.1, 0.15) is 4.60 Å². The van der Waals surface area contributed by atoms with Gasteiger partial charge in [-0.15, -0.1) is 0 Å². The molecule has 1 aromatic rings. The fourth-order valence-corrected chi connectivity index (χ4v) is 2.86. The second kappa shape index (κ2) is 3.84. The summed E-state index contributed by atoms with van der Waals surface area (Å²) < 4.78 is 0.785. The molecule has 0 aromatic carbocycles. The minimum atomic E-state index is 0.163. The van der Waals surface area contributed by atoms with Crippen LogP contribution in [0.15, 0.2) is 22.9 Å². The Hall–Kier alpha value is -0.900. The number of carbonyl (C=O) groups excluding carboxylic acids is 1. The predicted octanol–water partition coefficient (Wildman–Crippen LogP) is 2.83. The predicted molar refractivity (Wildman–Crippen MR) is 64.9 cm³/mol. The van der Waals surface area contributed by atoms with Gasteiger partial charge in [0.2, 0.25) is 5.91 Å². The molecule has 3 nitrogen and oxygen atoms in total. The summed E-state index contributed by atoms with van der Waals surface area (Å²) in [4.78, 5) is 16.0. The lowest BCUT2D eigenvalue weighted by Crippen LogP contribution is -2.21. The van der Waals surface area contributed by atoms with Crippen molar-refractivity contribution < 1.29 is 4.79 Å². The van der Waals surface area contributed by atoms with Crippen LogP contribution in [0.4, 0.5) is 5.69 Å². The number of aromatic nitrogens is 1. The third-order valence-electron chi connectivity index (χ3n) is 3.61. The maximum Gasteiger partial charge on any atom is 0.227 e. The van der Waals surface area contributed by atoms with E-state index >= 15 is 0 Å². The van der Waals surface area contributed by atoms with Gasteiger partial charge in [-0.05, 0) is 59.2 Å². The second-order valence-electron chi connectivity index (χ2n) is 4.78. The minimum absolute atomic E-state index is 0.163. The van der Waals surface area contributed by atoms with E-state index in [1.807, 2.05) is 12.1 Å². The molecule has 1 N–H and O–H groups in total. The number of pyridine rings is 1. The first-order chi connectivity index (χ1) is 7.72. The van der Waals surface area contributed by atoms with E-state index in [1.54, 1.807) is 6.20 Å². The van der Waals surface area contributed by atoms with Crippen LogP contribution in [-0.2, 0) is 4.79 Å². The molecule has 0 spiro atoms. The van der Waals surface area contributed by atoms with Crippen LogP contribution in [0.5, 0.6) is 0 Å². The second-order valence-corrected chi connectivity index (χ2v) is 5.60. The van der Waals surface area contributed by atoms with Crippen molar-refractivity contribution in [1.82, 2.24) is 4.98 Å². The number of rotatable bonds is 2. The highest BCUT2D eigenvalue weighted by Crippen LogP contribution is 2.54. The van der Waals surface area contributed by atoms with Crippen molar-refractivity contribution in [2.24, 2.45) is 17.8 Å². The number of carbonyl (C=O) groups is 1. The Bertz CT molecular complexity index is 408. The Kier molecular flexibility index (Phi) is 2.46. The number of nitrogens with one attached hydrogen (secondary N) is 1. The Morgan fingerprint density at radius 2 is 2.06 bits per heavy atom. The average molecular weight is 281 g/mol. The first kappa shape index (κ1) is 10.3. The number of anilines is 1. The van der Waals surface area contributed by atoms with Crippen molar-refractivity contribution in [2.45, 2.75) is 19.3 Å². The molecule has 2 unspecified atom stereocenters. The Morgan fingerprint density at radius 3 is 2.69 bits per heavy atom. The van der Waals surface area contributed by atoms with Crippen molar-refractivity contribution >= 4 is 27.5 Å². The number of halogens is 1. The summed E-state index contributed by atoms with van der Waals surface area (Å²) in [6.07, 6.45) is 5.20. The van der Waals surface area contributed by atoms with Crippen LogP contribution in [-0.4, -0.2) is 10.9 Å². The first-order valence-corrected chi connectivity index (χ1v) is 6.44. The molecule has 2 saturated carbocycles. The summed E-state index contributed by atoms with van der Waals surface area (Å²) in [6, 6.07) is 3.70. The van der Waals surface area contributed by atoms with Crippen molar-refractivity contribution in [3.8, 4) is 0 Å². The summed E-state index contributed by atoms with van der Waals surface area (Å²) in [6.45, 7) is 0.